The van der Waals surface area contributed by atoms with Crippen molar-refractivity contribution < 1.29 is 9.90 Å². The summed E-state index contributed by atoms with van der Waals surface area (Å²) in [5, 5.41) is 12.6. The maximum atomic E-state index is 10.8. The largest absolute Gasteiger partial charge is 0.481 e. The summed E-state index contributed by atoms with van der Waals surface area (Å²) in [6, 6.07) is 0. The van der Waals surface area contributed by atoms with Crippen molar-refractivity contribution in [3.05, 3.63) is 11.6 Å². The normalized spacial score (nSPS) is 26.4. The second-order valence-electron chi connectivity index (χ2n) is 3.78. The van der Waals surface area contributed by atoms with Crippen molar-refractivity contribution in [2.75, 3.05) is 13.1 Å². The number of carboxylic acids is 1. The SMILES string of the molecule is C=C(Cl)CNCC1CCCC1C(=O)O. The van der Waals surface area contributed by atoms with E-state index in [1.165, 1.54) is 0 Å². The minimum Gasteiger partial charge on any atom is -0.481 e. The van der Waals surface area contributed by atoms with Crippen LogP contribution in [-0.2, 0) is 4.79 Å². The number of nitrogens with one attached hydrogen (secondary N) is 1. The van der Waals surface area contributed by atoms with E-state index < -0.39 is 5.97 Å². The molecule has 0 bridgehead atoms. The third-order valence-corrected chi connectivity index (χ3v) is 2.83. The summed E-state index contributed by atoms with van der Waals surface area (Å²) in [5.41, 5.74) is 0. The van der Waals surface area contributed by atoms with Crippen molar-refractivity contribution in [2.24, 2.45) is 11.8 Å². The van der Waals surface area contributed by atoms with Gasteiger partial charge in [-0.3, -0.25) is 4.79 Å². The minimum atomic E-state index is -0.668. The van der Waals surface area contributed by atoms with Crippen LogP contribution < -0.4 is 5.32 Å². The predicted molar refractivity (Wildman–Crippen MR) is 56.3 cm³/mol. The highest BCUT2D eigenvalue weighted by Crippen LogP contribution is 2.31. The lowest BCUT2D eigenvalue weighted by atomic mass is 9.96. The van der Waals surface area contributed by atoms with Gasteiger partial charge in [0.1, 0.15) is 0 Å². The molecule has 0 saturated heterocycles. The number of hydrogen-bond acceptors (Lipinski definition) is 2. The predicted octanol–water partition coefficient (Wildman–Crippen LogP) is 1.83. The Labute approximate surface area is 89.1 Å². The lowest BCUT2D eigenvalue weighted by molar-refractivity contribution is -0.142. The smallest absolute Gasteiger partial charge is 0.306 e. The lowest BCUT2D eigenvalue weighted by Gasteiger charge is -2.15. The molecule has 3 nitrogen and oxygen atoms in total. The van der Waals surface area contributed by atoms with E-state index in [1.54, 1.807) is 0 Å². The van der Waals surface area contributed by atoms with Crippen LogP contribution >= 0.6 is 11.6 Å². The fraction of sp³-hybridized carbons (Fsp3) is 0.700. The molecule has 14 heavy (non-hydrogen) atoms. The highest BCUT2D eigenvalue weighted by atomic mass is 35.5. The number of rotatable bonds is 5. The van der Waals surface area contributed by atoms with Gasteiger partial charge in [-0.25, -0.2) is 0 Å². The number of halogens is 1. The van der Waals surface area contributed by atoms with Crippen LogP contribution in [0.2, 0.25) is 0 Å². The van der Waals surface area contributed by atoms with Gasteiger partial charge in [-0.1, -0.05) is 24.6 Å². The average Bonchev–Trinajstić information content (AvgIpc) is 2.51. The van der Waals surface area contributed by atoms with Crippen molar-refractivity contribution in [2.45, 2.75) is 19.3 Å². The number of carbonyl (C=O) groups is 1. The molecule has 0 aromatic heterocycles. The molecule has 0 aromatic rings. The molecule has 1 aliphatic carbocycles. The molecule has 0 aliphatic heterocycles. The van der Waals surface area contributed by atoms with Crippen molar-refractivity contribution in [1.29, 1.82) is 0 Å². The lowest BCUT2D eigenvalue weighted by Crippen LogP contribution is -2.29. The molecule has 1 aliphatic rings. The van der Waals surface area contributed by atoms with Crippen molar-refractivity contribution in [1.82, 2.24) is 5.32 Å². The summed E-state index contributed by atoms with van der Waals surface area (Å²) in [6.07, 6.45) is 2.83. The van der Waals surface area contributed by atoms with Crippen LogP contribution in [0.3, 0.4) is 0 Å². The van der Waals surface area contributed by atoms with Crippen LogP contribution in [0.1, 0.15) is 19.3 Å². The summed E-state index contributed by atoms with van der Waals surface area (Å²) in [5.74, 6) is -0.589. The molecule has 0 aromatic carbocycles. The zero-order valence-corrected chi connectivity index (χ0v) is 8.89. The number of hydrogen-bond donors (Lipinski definition) is 2. The monoisotopic (exact) mass is 217 g/mol. The Hall–Kier alpha value is -0.540. The molecule has 2 unspecified atom stereocenters. The van der Waals surface area contributed by atoms with Gasteiger partial charge in [-0.15, -0.1) is 0 Å². The van der Waals surface area contributed by atoms with E-state index in [4.69, 9.17) is 16.7 Å². The molecule has 0 heterocycles. The second-order valence-corrected chi connectivity index (χ2v) is 4.32. The van der Waals surface area contributed by atoms with Gasteiger partial charge in [0.05, 0.1) is 5.92 Å². The van der Waals surface area contributed by atoms with Crippen LogP contribution in [-0.4, -0.2) is 24.2 Å². The van der Waals surface area contributed by atoms with Crippen LogP contribution in [0, 0.1) is 11.8 Å². The van der Waals surface area contributed by atoms with Gasteiger partial charge >= 0.3 is 5.97 Å². The highest BCUT2D eigenvalue weighted by Gasteiger charge is 2.32. The summed E-state index contributed by atoms with van der Waals surface area (Å²) in [7, 11) is 0. The van der Waals surface area contributed by atoms with Crippen LogP contribution in [0.15, 0.2) is 11.6 Å². The van der Waals surface area contributed by atoms with Crippen molar-refractivity contribution in [3.8, 4) is 0 Å². The molecule has 80 valence electrons. The van der Waals surface area contributed by atoms with E-state index in [-0.39, 0.29) is 11.8 Å². The third-order valence-electron chi connectivity index (χ3n) is 2.70. The first-order valence-electron chi connectivity index (χ1n) is 4.88. The molecule has 0 radical (unpaired) electrons. The molecule has 0 spiro atoms. The third kappa shape index (κ3) is 3.31. The van der Waals surface area contributed by atoms with E-state index in [1.807, 2.05) is 0 Å². The Bertz CT molecular complexity index is 230. The van der Waals surface area contributed by atoms with Gasteiger partial charge in [0.15, 0.2) is 0 Å². The standard InChI is InChI=1S/C10H16ClNO2/c1-7(11)5-12-6-8-3-2-4-9(8)10(13)14/h8-9,12H,1-6H2,(H,13,14). The molecule has 1 fully saturated rings. The topological polar surface area (TPSA) is 49.3 Å². The fourth-order valence-corrected chi connectivity index (χ4v) is 2.09. The minimum absolute atomic E-state index is 0.175. The molecule has 1 rings (SSSR count). The molecule has 1 saturated carbocycles. The molecule has 2 N–H and O–H groups in total. The van der Waals surface area contributed by atoms with Crippen molar-refractivity contribution >= 4 is 17.6 Å². The van der Waals surface area contributed by atoms with Crippen molar-refractivity contribution in [3.63, 3.8) is 0 Å². The summed E-state index contributed by atoms with van der Waals surface area (Å²) in [6.45, 7) is 4.84. The van der Waals surface area contributed by atoms with Gasteiger partial charge in [0, 0.05) is 11.6 Å². The Morgan fingerprint density at radius 3 is 2.86 bits per heavy atom. The van der Waals surface area contributed by atoms with Gasteiger partial charge in [-0.05, 0) is 25.3 Å². The zero-order chi connectivity index (χ0) is 10.6. The quantitative estimate of drug-likeness (QED) is 0.739. The summed E-state index contributed by atoms with van der Waals surface area (Å²) >= 11 is 5.59. The Morgan fingerprint density at radius 2 is 2.29 bits per heavy atom. The fourth-order valence-electron chi connectivity index (χ4n) is 2.00. The van der Waals surface area contributed by atoms with E-state index in [9.17, 15) is 4.79 Å². The first-order chi connectivity index (χ1) is 6.61. The van der Waals surface area contributed by atoms with E-state index >= 15 is 0 Å². The highest BCUT2D eigenvalue weighted by molar-refractivity contribution is 6.29. The van der Waals surface area contributed by atoms with E-state index in [0.717, 1.165) is 25.8 Å². The molecular formula is C10H16ClNO2. The first kappa shape index (κ1) is 11.5. The molecular weight excluding hydrogens is 202 g/mol. The Morgan fingerprint density at radius 1 is 1.57 bits per heavy atom. The van der Waals surface area contributed by atoms with E-state index in [0.29, 0.717) is 11.6 Å². The maximum Gasteiger partial charge on any atom is 0.306 e. The molecule has 0 amide bonds. The zero-order valence-electron chi connectivity index (χ0n) is 8.13. The van der Waals surface area contributed by atoms with Crippen LogP contribution in [0.4, 0.5) is 0 Å². The number of aliphatic carboxylic acids is 1. The maximum absolute atomic E-state index is 10.8. The van der Waals surface area contributed by atoms with Gasteiger partial charge in [-0.2, -0.15) is 0 Å². The second kappa shape index (κ2) is 5.37. The van der Waals surface area contributed by atoms with Gasteiger partial charge < -0.3 is 10.4 Å². The first-order valence-corrected chi connectivity index (χ1v) is 5.26. The van der Waals surface area contributed by atoms with Crippen LogP contribution in [0.5, 0.6) is 0 Å². The van der Waals surface area contributed by atoms with E-state index in [2.05, 4.69) is 11.9 Å². The van der Waals surface area contributed by atoms with Gasteiger partial charge in [0.25, 0.3) is 0 Å². The number of carboxylic acid groups (broad SMARTS) is 1. The van der Waals surface area contributed by atoms with Gasteiger partial charge in [0.2, 0.25) is 0 Å². The van der Waals surface area contributed by atoms with Crippen LogP contribution in [0.25, 0.3) is 0 Å². The Kier molecular flexibility index (Phi) is 4.42. The molecule has 4 heteroatoms. The summed E-state index contributed by atoms with van der Waals surface area (Å²) < 4.78 is 0. The average molecular weight is 218 g/mol. The molecule has 2 atom stereocenters. The Balaban J connectivity index is 2.29. The summed E-state index contributed by atoms with van der Waals surface area (Å²) in [4.78, 5) is 10.8.